The van der Waals surface area contributed by atoms with Gasteiger partial charge in [-0.15, -0.1) is 12.4 Å². The molecule has 0 spiro atoms. The number of benzene rings is 2. The van der Waals surface area contributed by atoms with Crippen LogP contribution in [-0.2, 0) is 8.87 Å². The summed E-state index contributed by atoms with van der Waals surface area (Å²) in [5.41, 5.74) is 3.03. The van der Waals surface area contributed by atoms with Gasteiger partial charge in [0.1, 0.15) is 0 Å². The summed E-state index contributed by atoms with van der Waals surface area (Å²) in [7, 11) is 0. The molecule has 0 aliphatic rings. The standard InChI is InChI=1S/2C7H7.ClH.Sn/c2*1-7-5-3-2-4-6-7;;/h2*2-6H,1H2;1H;. The molecule has 0 aliphatic carbocycles. The summed E-state index contributed by atoms with van der Waals surface area (Å²) in [6.45, 7) is 0. The monoisotopic (exact) mass is 338 g/mol. The number of halogens is 1. The van der Waals surface area contributed by atoms with Crippen LogP contribution < -0.4 is 0 Å². The van der Waals surface area contributed by atoms with Gasteiger partial charge in [0.05, 0.1) is 0 Å². The molecule has 0 bridgehead atoms. The van der Waals surface area contributed by atoms with Gasteiger partial charge in [0.2, 0.25) is 0 Å². The molecule has 0 heterocycles. The minimum absolute atomic E-state index is 0. The van der Waals surface area contributed by atoms with Gasteiger partial charge in [-0.2, -0.15) is 0 Å². The van der Waals surface area contributed by atoms with Crippen LogP contribution in [-0.4, -0.2) is 21.1 Å². The van der Waals surface area contributed by atoms with Gasteiger partial charge in [0.15, 0.2) is 0 Å². The van der Waals surface area contributed by atoms with Gasteiger partial charge in [0.25, 0.3) is 0 Å². The van der Waals surface area contributed by atoms with Crippen molar-refractivity contribution in [3.63, 3.8) is 0 Å². The van der Waals surface area contributed by atoms with E-state index >= 15 is 0 Å². The molecule has 0 aromatic heterocycles. The Morgan fingerprint density at radius 2 is 1.00 bits per heavy atom. The van der Waals surface area contributed by atoms with Gasteiger partial charge in [-0.3, -0.25) is 0 Å². The van der Waals surface area contributed by atoms with E-state index < -0.39 is 0 Å². The molecule has 0 N–H and O–H groups in total. The molecule has 16 heavy (non-hydrogen) atoms. The molecule has 2 heteroatoms. The molecular formula is C14H15ClSn. The van der Waals surface area contributed by atoms with E-state index in [0.717, 1.165) is 0 Å². The molecule has 0 saturated heterocycles. The zero-order valence-corrected chi connectivity index (χ0v) is 12.8. The van der Waals surface area contributed by atoms with Crippen molar-refractivity contribution in [3.05, 3.63) is 71.8 Å². The third kappa shape index (κ3) is 4.58. The molecule has 0 atom stereocenters. The van der Waals surface area contributed by atoms with Crippen LogP contribution in [0, 0.1) is 0 Å². The average Bonchev–Trinajstić information content (AvgIpc) is 2.32. The Labute approximate surface area is 114 Å². The summed E-state index contributed by atoms with van der Waals surface area (Å²) < 4.78 is 2.69. The van der Waals surface area contributed by atoms with Gasteiger partial charge in [-0.05, 0) is 0 Å². The maximum absolute atomic E-state index is 2.24. The van der Waals surface area contributed by atoms with Crippen LogP contribution >= 0.6 is 12.4 Å². The second-order valence-corrected chi connectivity index (χ2v) is 7.02. The number of hydrogen-bond donors (Lipinski definition) is 0. The normalized spacial score (nSPS) is 9.50. The second kappa shape index (κ2) is 7.75. The van der Waals surface area contributed by atoms with Crippen molar-refractivity contribution in [1.29, 1.82) is 0 Å². The van der Waals surface area contributed by atoms with Crippen molar-refractivity contribution in [3.8, 4) is 0 Å². The molecule has 0 fully saturated rings. The van der Waals surface area contributed by atoms with E-state index in [-0.39, 0.29) is 33.5 Å². The van der Waals surface area contributed by atoms with E-state index in [4.69, 9.17) is 0 Å². The molecule has 2 radical (unpaired) electrons. The third-order valence-electron chi connectivity index (χ3n) is 2.34. The van der Waals surface area contributed by atoms with Gasteiger partial charge < -0.3 is 0 Å². The summed E-state index contributed by atoms with van der Waals surface area (Å²) in [4.78, 5) is 0. The summed E-state index contributed by atoms with van der Waals surface area (Å²) >= 11 is -0.258. The quantitative estimate of drug-likeness (QED) is 0.749. The number of rotatable bonds is 4. The van der Waals surface area contributed by atoms with Crippen LogP contribution in [0.5, 0.6) is 0 Å². The predicted octanol–water partition coefficient (Wildman–Crippen LogP) is 3.51. The summed E-state index contributed by atoms with van der Waals surface area (Å²) in [5, 5.41) is 0. The Morgan fingerprint density at radius 1 is 0.625 bits per heavy atom. The molecule has 0 amide bonds. The molecular weight excluding hydrogens is 322 g/mol. The maximum atomic E-state index is 2.24. The van der Waals surface area contributed by atoms with Crippen molar-refractivity contribution in [1.82, 2.24) is 0 Å². The summed E-state index contributed by atoms with van der Waals surface area (Å²) in [6, 6.07) is 21.7. The number of hydrogen-bond acceptors (Lipinski definition) is 0. The molecule has 0 nitrogen and oxygen atoms in total. The fraction of sp³-hybridized carbons (Fsp3) is 0.143. The first-order valence-electron chi connectivity index (χ1n) is 5.24. The van der Waals surface area contributed by atoms with Crippen molar-refractivity contribution in [2.75, 3.05) is 0 Å². The van der Waals surface area contributed by atoms with Crippen LogP contribution in [0.3, 0.4) is 0 Å². The molecule has 2 aromatic carbocycles. The van der Waals surface area contributed by atoms with Crippen LogP contribution in [0.2, 0.25) is 0 Å². The Kier molecular flexibility index (Phi) is 6.58. The zero-order valence-electron chi connectivity index (χ0n) is 9.10. The van der Waals surface area contributed by atoms with Crippen LogP contribution in [0.1, 0.15) is 11.1 Å². The first-order valence-corrected chi connectivity index (χ1v) is 9.27. The van der Waals surface area contributed by atoms with Crippen LogP contribution in [0.25, 0.3) is 0 Å². The third-order valence-corrected chi connectivity index (χ3v) is 6.10. The van der Waals surface area contributed by atoms with Crippen molar-refractivity contribution >= 4 is 33.5 Å². The Balaban J connectivity index is 0.00000128. The molecule has 2 aromatic rings. The van der Waals surface area contributed by atoms with Crippen LogP contribution in [0.4, 0.5) is 0 Å². The molecule has 0 saturated carbocycles. The van der Waals surface area contributed by atoms with E-state index in [1.807, 2.05) is 0 Å². The average molecular weight is 337 g/mol. The molecule has 82 valence electrons. The summed E-state index contributed by atoms with van der Waals surface area (Å²) in [5.74, 6) is 0. The molecule has 0 unspecified atom stereocenters. The predicted molar refractivity (Wildman–Crippen MR) is 73.3 cm³/mol. The fourth-order valence-corrected chi connectivity index (χ4v) is 4.89. The van der Waals surface area contributed by atoms with Gasteiger partial charge in [-0.1, -0.05) is 0 Å². The first kappa shape index (κ1) is 13.6. The topological polar surface area (TPSA) is 0 Å². The fourth-order valence-electron chi connectivity index (χ4n) is 1.54. The molecule has 0 aliphatic heterocycles. The zero-order chi connectivity index (χ0) is 10.3. The Hall–Kier alpha value is -0.471. The van der Waals surface area contributed by atoms with Crippen molar-refractivity contribution in [2.45, 2.75) is 8.87 Å². The summed E-state index contributed by atoms with van der Waals surface area (Å²) in [6.07, 6.45) is 0. The van der Waals surface area contributed by atoms with E-state index in [1.54, 1.807) is 0 Å². The first-order chi connectivity index (χ1) is 7.45. The van der Waals surface area contributed by atoms with E-state index in [0.29, 0.717) is 0 Å². The van der Waals surface area contributed by atoms with Gasteiger partial charge in [0, 0.05) is 0 Å². The Bertz CT molecular complexity index is 346. The van der Waals surface area contributed by atoms with Crippen molar-refractivity contribution in [2.24, 2.45) is 0 Å². The van der Waals surface area contributed by atoms with Crippen molar-refractivity contribution < 1.29 is 0 Å². The van der Waals surface area contributed by atoms with Gasteiger partial charge >= 0.3 is 102 Å². The van der Waals surface area contributed by atoms with Crippen LogP contribution in [0.15, 0.2) is 60.7 Å². The minimum atomic E-state index is -0.258. The Morgan fingerprint density at radius 3 is 1.38 bits per heavy atom. The van der Waals surface area contributed by atoms with E-state index in [1.165, 1.54) is 20.0 Å². The van der Waals surface area contributed by atoms with Gasteiger partial charge in [-0.25, -0.2) is 0 Å². The van der Waals surface area contributed by atoms with E-state index in [9.17, 15) is 0 Å². The molecule has 2 rings (SSSR count). The SMILES string of the molecule is Cl.c1ccc([CH2][Sn][CH2]c2ccccc2)cc1. The van der Waals surface area contributed by atoms with E-state index in [2.05, 4.69) is 60.7 Å². The second-order valence-electron chi connectivity index (χ2n) is 3.57.